The fraction of sp³-hybridized carbons (Fsp3) is 0.267. The number of ether oxygens (including phenoxy) is 3. The molecule has 8 heteroatoms. The molecule has 0 atom stereocenters. The van der Waals surface area contributed by atoms with E-state index in [0.717, 1.165) is 0 Å². The standard InChI is InChI=1S/C15H14N2O5S/c1-16-13(18)9(14(19)17(2)15(16)23)4-8-5-10(20-3)12-11(6-8)21-7-22-12/h4-6H,7H2,1-3H3. The van der Waals surface area contributed by atoms with Gasteiger partial charge in [0.25, 0.3) is 11.8 Å². The fourth-order valence-corrected chi connectivity index (χ4v) is 2.54. The zero-order valence-corrected chi connectivity index (χ0v) is 13.6. The van der Waals surface area contributed by atoms with Crippen LogP contribution in [-0.4, -0.2) is 54.7 Å². The molecule has 0 aliphatic carbocycles. The molecule has 2 aliphatic rings. The van der Waals surface area contributed by atoms with E-state index in [4.69, 9.17) is 26.4 Å². The van der Waals surface area contributed by atoms with E-state index in [2.05, 4.69) is 0 Å². The lowest BCUT2D eigenvalue weighted by atomic mass is 10.1. The van der Waals surface area contributed by atoms with Gasteiger partial charge in [0.05, 0.1) is 7.11 Å². The van der Waals surface area contributed by atoms with Crippen LogP contribution in [0.3, 0.4) is 0 Å². The minimum absolute atomic E-state index is 0.0181. The Morgan fingerprint density at radius 2 is 1.83 bits per heavy atom. The van der Waals surface area contributed by atoms with Crippen molar-refractivity contribution in [2.75, 3.05) is 28.0 Å². The third-order valence-electron chi connectivity index (χ3n) is 3.64. The molecule has 2 amide bonds. The zero-order valence-electron chi connectivity index (χ0n) is 12.8. The van der Waals surface area contributed by atoms with Gasteiger partial charge in [-0.15, -0.1) is 0 Å². The first kappa shape index (κ1) is 15.3. The normalized spacial score (nSPS) is 17.0. The Kier molecular flexibility index (Phi) is 3.69. The quantitative estimate of drug-likeness (QED) is 0.457. The number of fused-ring (bicyclic) bond motifs is 1. The Labute approximate surface area is 138 Å². The van der Waals surface area contributed by atoms with Crippen molar-refractivity contribution in [1.82, 2.24) is 9.80 Å². The van der Waals surface area contributed by atoms with Crippen LogP contribution in [0.5, 0.6) is 17.2 Å². The highest BCUT2D eigenvalue weighted by Gasteiger charge is 2.35. The molecule has 1 aromatic rings. The second-order valence-corrected chi connectivity index (χ2v) is 5.39. The summed E-state index contributed by atoms with van der Waals surface area (Å²) in [4.78, 5) is 27.2. The van der Waals surface area contributed by atoms with Gasteiger partial charge in [0.15, 0.2) is 16.6 Å². The number of rotatable bonds is 2. The summed E-state index contributed by atoms with van der Waals surface area (Å²) >= 11 is 5.05. The average molecular weight is 334 g/mol. The van der Waals surface area contributed by atoms with E-state index < -0.39 is 11.8 Å². The molecule has 1 saturated heterocycles. The summed E-state index contributed by atoms with van der Waals surface area (Å²) < 4.78 is 15.9. The van der Waals surface area contributed by atoms with E-state index in [1.54, 1.807) is 12.1 Å². The Bertz CT molecular complexity index is 732. The molecular weight excluding hydrogens is 320 g/mol. The number of carbonyl (C=O) groups is 2. The summed E-state index contributed by atoms with van der Waals surface area (Å²) in [6, 6.07) is 3.36. The maximum atomic E-state index is 12.3. The number of thiocarbonyl (C=S) groups is 1. The molecule has 2 aliphatic heterocycles. The number of carbonyl (C=O) groups excluding carboxylic acids is 2. The maximum absolute atomic E-state index is 12.3. The molecule has 23 heavy (non-hydrogen) atoms. The van der Waals surface area contributed by atoms with Gasteiger partial charge in [-0.05, 0) is 36.0 Å². The second kappa shape index (κ2) is 5.54. The van der Waals surface area contributed by atoms with Gasteiger partial charge in [0.1, 0.15) is 5.57 Å². The lowest BCUT2D eigenvalue weighted by Gasteiger charge is -2.31. The van der Waals surface area contributed by atoms with Crippen LogP contribution in [0.25, 0.3) is 6.08 Å². The van der Waals surface area contributed by atoms with Crippen molar-refractivity contribution >= 4 is 35.2 Å². The highest BCUT2D eigenvalue weighted by Crippen LogP contribution is 2.42. The smallest absolute Gasteiger partial charge is 0.265 e. The first-order chi connectivity index (χ1) is 10.9. The molecule has 0 spiro atoms. The molecule has 3 rings (SSSR count). The zero-order chi connectivity index (χ0) is 16.7. The molecule has 0 aromatic heterocycles. The second-order valence-electron chi connectivity index (χ2n) is 5.03. The molecule has 0 unspecified atom stereocenters. The monoisotopic (exact) mass is 334 g/mol. The van der Waals surface area contributed by atoms with E-state index >= 15 is 0 Å². The van der Waals surface area contributed by atoms with Crippen LogP contribution >= 0.6 is 12.2 Å². The van der Waals surface area contributed by atoms with E-state index in [1.165, 1.54) is 37.1 Å². The molecule has 7 nitrogen and oxygen atoms in total. The van der Waals surface area contributed by atoms with Crippen LogP contribution in [-0.2, 0) is 9.59 Å². The average Bonchev–Trinajstić information content (AvgIpc) is 3.02. The topological polar surface area (TPSA) is 68.3 Å². The summed E-state index contributed by atoms with van der Waals surface area (Å²) in [5, 5.41) is 0.167. The predicted octanol–water partition coefficient (Wildman–Crippen LogP) is 1.02. The Morgan fingerprint density at radius 1 is 1.17 bits per heavy atom. The molecule has 0 N–H and O–H groups in total. The van der Waals surface area contributed by atoms with Crippen molar-refractivity contribution < 1.29 is 23.8 Å². The number of likely N-dealkylation sites (N-methyl/N-ethyl adjacent to an activating group) is 2. The van der Waals surface area contributed by atoms with Gasteiger partial charge in [-0.2, -0.15) is 0 Å². The van der Waals surface area contributed by atoms with Gasteiger partial charge in [-0.25, -0.2) is 0 Å². The van der Waals surface area contributed by atoms with Crippen molar-refractivity contribution in [2.45, 2.75) is 0 Å². The van der Waals surface area contributed by atoms with E-state index in [0.29, 0.717) is 22.8 Å². The molecule has 1 aromatic carbocycles. The Morgan fingerprint density at radius 3 is 2.43 bits per heavy atom. The summed E-state index contributed by atoms with van der Waals surface area (Å²) in [6.07, 6.45) is 1.49. The van der Waals surface area contributed by atoms with E-state index in [-0.39, 0.29) is 17.5 Å². The van der Waals surface area contributed by atoms with Gasteiger partial charge in [0, 0.05) is 14.1 Å². The maximum Gasteiger partial charge on any atom is 0.265 e. The van der Waals surface area contributed by atoms with Crippen LogP contribution in [0.1, 0.15) is 5.56 Å². The van der Waals surface area contributed by atoms with E-state index in [1.807, 2.05) is 0 Å². The highest BCUT2D eigenvalue weighted by molar-refractivity contribution is 7.80. The lowest BCUT2D eigenvalue weighted by Crippen LogP contribution is -2.52. The molecular formula is C15H14N2O5S. The summed E-state index contributed by atoms with van der Waals surface area (Å²) in [5.41, 5.74) is 0.613. The van der Waals surface area contributed by atoms with E-state index in [9.17, 15) is 9.59 Å². The molecule has 0 saturated carbocycles. The van der Waals surface area contributed by atoms with Gasteiger partial charge in [-0.3, -0.25) is 19.4 Å². The van der Waals surface area contributed by atoms with Crippen LogP contribution in [0.2, 0.25) is 0 Å². The Hall–Kier alpha value is -2.61. The van der Waals surface area contributed by atoms with Crippen molar-refractivity contribution in [3.8, 4) is 17.2 Å². The Balaban J connectivity index is 2.06. The van der Waals surface area contributed by atoms with Crippen LogP contribution in [0, 0.1) is 0 Å². The number of hydrogen-bond donors (Lipinski definition) is 0. The van der Waals surface area contributed by atoms with Crippen molar-refractivity contribution in [3.63, 3.8) is 0 Å². The van der Waals surface area contributed by atoms with Crippen molar-refractivity contribution in [3.05, 3.63) is 23.3 Å². The summed E-state index contributed by atoms with van der Waals surface area (Å²) in [5.74, 6) is 0.583. The van der Waals surface area contributed by atoms with Gasteiger partial charge >= 0.3 is 0 Å². The van der Waals surface area contributed by atoms with Crippen LogP contribution in [0.15, 0.2) is 17.7 Å². The number of nitrogens with zero attached hydrogens (tertiary/aromatic N) is 2. The molecule has 2 heterocycles. The third-order valence-corrected chi connectivity index (χ3v) is 4.18. The number of methoxy groups -OCH3 is 1. The lowest BCUT2D eigenvalue weighted by molar-refractivity contribution is -0.132. The minimum Gasteiger partial charge on any atom is -0.493 e. The molecule has 1 fully saturated rings. The highest BCUT2D eigenvalue weighted by atomic mass is 32.1. The number of hydrogen-bond acceptors (Lipinski definition) is 6. The first-order valence-electron chi connectivity index (χ1n) is 6.73. The minimum atomic E-state index is -0.449. The molecule has 120 valence electrons. The van der Waals surface area contributed by atoms with Gasteiger partial charge in [-0.1, -0.05) is 0 Å². The molecule has 0 radical (unpaired) electrons. The van der Waals surface area contributed by atoms with Crippen LogP contribution < -0.4 is 14.2 Å². The van der Waals surface area contributed by atoms with Crippen molar-refractivity contribution in [1.29, 1.82) is 0 Å². The van der Waals surface area contributed by atoms with Crippen LogP contribution in [0.4, 0.5) is 0 Å². The van der Waals surface area contributed by atoms with Gasteiger partial charge < -0.3 is 14.2 Å². The molecule has 0 bridgehead atoms. The third kappa shape index (κ3) is 2.40. The number of benzene rings is 1. The SMILES string of the molecule is COc1cc(C=C2C(=O)N(C)C(=S)N(C)C2=O)cc2c1OCO2. The first-order valence-corrected chi connectivity index (χ1v) is 7.14. The largest absolute Gasteiger partial charge is 0.493 e. The fourth-order valence-electron chi connectivity index (χ4n) is 2.37. The number of amides is 2. The van der Waals surface area contributed by atoms with Gasteiger partial charge in [0.2, 0.25) is 12.5 Å². The summed E-state index contributed by atoms with van der Waals surface area (Å²) in [7, 11) is 4.56. The summed E-state index contributed by atoms with van der Waals surface area (Å²) in [6.45, 7) is 0.101. The predicted molar refractivity (Wildman–Crippen MR) is 85.2 cm³/mol. The van der Waals surface area contributed by atoms with Crippen molar-refractivity contribution in [2.24, 2.45) is 0 Å².